The van der Waals surface area contributed by atoms with Crippen LogP contribution in [-0.2, 0) is 14.8 Å². The molecule has 0 unspecified atom stereocenters. The van der Waals surface area contributed by atoms with Crippen molar-refractivity contribution in [3.05, 3.63) is 70.8 Å². The van der Waals surface area contributed by atoms with Crippen molar-refractivity contribution in [3.63, 3.8) is 0 Å². The van der Waals surface area contributed by atoms with E-state index in [2.05, 4.69) is 20.2 Å². The Morgan fingerprint density at radius 2 is 1.79 bits per heavy atom. The van der Waals surface area contributed by atoms with Gasteiger partial charge < -0.3 is 5.32 Å². The molecule has 0 bridgehead atoms. The van der Waals surface area contributed by atoms with Crippen molar-refractivity contribution < 1.29 is 13.2 Å². The summed E-state index contributed by atoms with van der Waals surface area (Å²) >= 11 is 0.803. The molecule has 28 heavy (non-hydrogen) atoms. The molecule has 0 saturated carbocycles. The number of carbonyl (C=O) groups excluding carboxylic acids is 1. The average molecular weight is 417 g/mol. The highest BCUT2D eigenvalue weighted by atomic mass is 32.2. The highest BCUT2D eigenvalue weighted by molar-refractivity contribution is 7.91. The van der Waals surface area contributed by atoms with Crippen LogP contribution >= 0.6 is 11.3 Å². The first-order valence-electron chi connectivity index (χ1n) is 8.52. The summed E-state index contributed by atoms with van der Waals surface area (Å²) in [5.41, 5.74) is 3.74. The van der Waals surface area contributed by atoms with Crippen LogP contribution in [0.15, 0.2) is 52.9 Å². The molecule has 1 aromatic heterocycles. The van der Waals surface area contributed by atoms with Crippen LogP contribution in [0.1, 0.15) is 35.2 Å². The quantitative estimate of drug-likeness (QED) is 0.601. The lowest BCUT2D eigenvalue weighted by Gasteiger charge is -2.21. The molecule has 7 nitrogen and oxygen atoms in total. The maximum atomic E-state index is 13.0. The van der Waals surface area contributed by atoms with Crippen molar-refractivity contribution in [3.8, 4) is 0 Å². The first kappa shape index (κ1) is 20.1. The normalized spacial score (nSPS) is 12.5. The Balaban J connectivity index is 1.99. The lowest BCUT2D eigenvalue weighted by molar-refractivity contribution is -0.114. The summed E-state index contributed by atoms with van der Waals surface area (Å²) in [5.74, 6) is -0.342. The van der Waals surface area contributed by atoms with Crippen molar-refractivity contribution in [1.82, 2.24) is 14.9 Å². The van der Waals surface area contributed by atoms with Crippen molar-refractivity contribution in [1.29, 1.82) is 0 Å². The standard InChI is InChI=1S/C19H20N4O3S2/c1-12-9-10-16(13(2)11-12)17(15-7-5-4-6-8-15)23-28(25,26)19-22-21-18(27-19)20-14(3)24/h4-11,17,23H,1-3H3,(H,20,21,24)/t17-/m1/s1. The molecule has 0 aliphatic rings. The number of benzene rings is 2. The van der Waals surface area contributed by atoms with Gasteiger partial charge in [0.15, 0.2) is 0 Å². The fourth-order valence-corrected chi connectivity index (χ4v) is 5.00. The van der Waals surface area contributed by atoms with Crippen LogP contribution < -0.4 is 10.0 Å². The Morgan fingerprint density at radius 1 is 1.07 bits per heavy atom. The first-order chi connectivity index (χ1) is 13.3. The zero-order valence-corrected chi connectivity index (χ0v) is 17.3. The molecule has 2 N–H and O–H groups in total. The molecule has 0 aliphatic heterocycles. The molecule has 2 aromatic carbocycles. The van der Waals surface area contributed by atoms with E-state index in [4.69, 9.17) is 0 Å². The van der Waals surface area contributed by atoms with Gasteiger partial charge in [0.05, 0.1) is 6.04 Å². The van der Waals surface area contributed by atoms with Crippen LogP contribution in [-0.4, -0.2) is 24.5 Å². The Labute approximate surface area is 167 Å². The molecular weight excluding hydrogens is 396 g/mol. The number of aromatic nitrogens is 2. The molecule has 1 amide bonds. The topological polar surface area (TPSA) is 101 Å². The predicted octanol–water partition coefficient (Wildman–Crippen LogP) is 3.18. The summed E-state index contributed by atoms with van der Waals surface area (Å²) in [6.45, 7) is 5.26. The minimum atomic E-state index is -3.95. The summed E-state index contributed by atoms with van der Waals surface area (Å²) in [5, 5.41) is 10.0. The fraction of sp³-hybridized carbons (Fsp3) is 0.211. The number of nitrogens with zero attached hydrogens (tertiary/aromatic N) is 2. The Morgan fingerprint density at radius 3 is 2.43 bits per heavy atom. The van der Waals surface area contributed by atoms with Gasteiger partial charge in [-0.15, -0.1) is 10.2 Å². The lowest BCUT2D eigenvalue weighted by atomic mass is 9.95. The summed E-state index contributed by atoms with van der Waals surface area (Å²) in [6, 6.07) is 14.6. The van der Waals surface area contributed by atoms with Gasteiger partial charge in [-0.1, -0.05) is 65.4 Å². The Bertz CT molecular complexity index is 1100. The monoisotopic (exact) mass is 416 g/mol. The van der Waals surface area contributed by atoms with Gasteiger partial charge in [0, 0.05) is 6.92 Å². The number of rotatable bonds is 6. The zero-order valence-electron chi connectivity index (χ0n) is 15.6. The number of amides is 1. The van der Waals surface area contributed by atoms with Gasteiger partial charge in [0.25, 0.3) is 10.0 Å². The summed E-state index contributed by atoms with van der Waals surface area (Å²) in [7, 11) is -3.95. The van der Waals surface area contributed by atoms with E-state index in [1.165, 1.54) is 6.92 Å². The van der Waals surface area contributed by atoms with Crippen LogP contribution in [0.5, 0.6) is 0 Å². The van der Waals surface area contributed by atoms with E-state index in [0.29, 0.717) is 0 Å². The SMILES string of the molecule is CC(=O)Nc1nnc(S(=O)(=O)N[C@H](c2ccccc2)c2ccc(C)cc2C)s1. The van der Waals surface area contributed by atoms with Gasteiger partial charge in [0.2, 0.25) is 15.4 Å². The maximum Gasteiger partial charge on any atom is 0.270 e. The highest BCUT2D eigenvalue weighted by Crippen LogP contribution is 2.29. The maximum absolute atomic E-state index is 13.0. The number of hydrogen-bond acceptors (Lipinski definition) is 6. The van der Waals surface area contributed by atoms with E-state index in [1.54, 1.807) is 0 Å². The summed E-state index contributed by atoms with van der Waals surface area (Å²) in [6.07, 6.45) is 0. The Kier molecular flexibility index (Phi) is 5.87. The third-order valence-corrected chi connectivity index (χ3v) is 6.69. The number of nitrogens with one attached hydrogen (secondary N) is 2. The second kappa shape index (κ2) is 8.17. The van der Waals surface area contributed by atoms with Crippen LogP contribution in [0.4, 0.5) is 5.13 Å². The third kappa shape index (κ3) is 4.61. The van der Waals surface area contributed by atoms with Gasteiger partial charge in [-0.3, -0.25) is 4.79 Å². The molecule has 0 saturated heterocycles. The van der Waals surface area contributed by atoms with Crippen LogP contribution in [0, 0.1) is 13.8 Å². The molecule has 0 fully saturated rings. The van der Waals surface area contributed by atoms with E-state index in [9.17, 15) is 13.2 Å². The molecule has 0 aliphatic carbocycles. The van der Waals surface area contributed by atoms with Gasteiger partial charge >= 0.3 is 0 Å². The van der Waals surface area contributed by atoms with E-state index >= 15 is 0 Å². The molecule has 3 aromatic rings. The highest BCUT2D eigenvalue weighted by Gasteiger charge is 2.27. The van der Waals surface area contributed by atoms with Crippen LogP contribution in [0.3, 0.4) is 0 Å². The van der Waals surface area contributed by atoms with Gasteiger partial charge in [-0.05, 0) is 30.5 Å². The van der Waals surface area contributed by atoms with Crippen LogP contribution in [0.25, 0.3) is 0 Å². The van der Waals surface area contributed by atoms with Crippen molar-refractivity contribution in [2.45, 2.75) is 31.2 Å². The molecule has 1 atom stereocenters. The third-order valence-electron chi connectivity index (χ3n) is 4.06. The average Bonchev–Trinajstić information content (AvgIpc) is 3.10. The molecule has 0 radical (unpaired) electrons. The van der Waals surface area contributed by atoms with E-state index in [0.717, 1.165) is 33.6 Å². The fourth-order valence-electron chi connectivity index (χ4n) is 2.83. The number of anilines is 1. The van der Waals surface area contributed by atoms with Gasteiger partial charge in [0.1, 0.15) is 0 Å². The van der Waals surface area contributed by atoms with Crippen molar-refractivity contribution in [2.75, 3.05) is 5.32 Å². The van der Waals surface area contributed by atoms with Gasteiger partial charge in [-0.2, -0.15) is 4.72 Å². The molecule has 3 rings (SSSR count). The summed E-state index contributed by atoms with van der Waals surface area (Å²) < 4.78 is 28.4. The number of hydrogen-bond donors (Lipinski definition) is 2. The van der Waals surface area contributed by atoms with E-state index < -0.39 is 16.1 Å². The molecule has 9 heteroatoms. The molecule has 146 valence electrons. The molecule has 1 heterocycles. The predicted molar refractivity (Wildman–Crippen MR) is 109 cm³/mol. The summed E-state index contributed by atoms with van der Waals surface area (Å²) in [4.78, 5) is 11.1. The molecular formula is C19H20N4O3S2. The first-order valence-corrected chi connectivity index (χ1v) is 10.8. The smallest absolute Gasteiger partial charge is 0.270 e. The van der Waals surface area contributed by atoms with E-state index in [1.807, 2.05) is 62.4 Å². The van der Waals surface area contributed by atoms with E-state index in [-0.39, 0.29) is 15.4 Å². The van der Waals surface area contributed by atoms with Gasteiger partial charge in [-0.25, -0.2) is 8.42 Å². The zero-order chi connectivity index (χ0) is 20.3. The second-order valence-electron chi connectivity index (χ2n) is 6.38. The second-order valence-corrected chi connectivity index (χ2v) is 9.24. The minimum Gasteiger partial charge on any atom is -0.301 e. The largest absolute Gasteiger partial charge is 0.301 e. The number of aryl methyl sites for hydroxylation is 2. The van der Waals surface area contributed by atoms with Crippen molar-refractivity contribution in [2.24, 2.45) is 0 Å². The lowest BCUT2D eigenvalue weighted by Crippen LogP contribution is -2.30. The minimum absolute atomic E-state index is 0.135. The number of carbonyl (C=O) groups is 1. The molecule has 0 spiro atoms. The Hall–Kier alpha value is -2.62. The number of sulfonamides is 1. The van der Waals surface area contributed by atoms with Crippen LogP contribution in [0.2, 0.25) is 0 Å². The van der Waals surface area contributed by atoms with Crippen molar-refractivity contribution >= 4 is 32.4 Å².